The minimum Gasteiger partial charge on any atom is -0.481 e. The van der Waals surface area contributed by atoms with Crippen LogP contribution in [0.4, 0.5) is 0 Å². The minimum absolute atomic E-state index is 0.309. The lowest BCUT2D eigenvalue weighted by molar-refractivity contribution is 0.398. The van der Waals surface area contributed by atoms with Gasteiger partial charge in [-0.3, -0.25) is 0 Å². The highest BCUT2D eigenvalue weighted by Crippen LogP contribution is 2.28. The fraction of sp³-hybridized carbons (Fsp3) is 0.136. The van der Waals surface area contributed by atoms with Crippen LogP contribution in [0.2, 0.25) is 0 Å². The number of allylic oxidation sites excluding steroid dienone is 1. The van der Waals surface area contributed by atoms with Crippen LogP contribution < -0.4 is 4.74 Å². The molecule has 2 nitrogen and oxygen atoms in total. The first kappa shape index (κ1) is 16.0. The Hall–Kier alpha value is -2.87. The third-order valence-electron chi connectivity index (χ3n) is 4.08. The van der Waals surface area contributed by atoms with E-state index in [1.54, 1.807) is 7.11 Å². The zero-order valence-corrected chi connectivity index (χ0v) is 14.0. The van der Waals surface area contributed by atoms with Gasteiger partial charge in [-0.2, -0.15) is 0 Å². The number of rotatable bonds is 5. The molecule has 0 saturated carbocycles. The molecule has 1 atom stereocenters. The van der Waals surface area contributed by atoms with E-state index in [0.29, 0.717) is 11.8 Å². The molecule has 0 fully saturated rings. The molecule has 0 spiro atoms. The summed E-state index contributed by atoms with van der Waals surface area (Å²) in [5, 5.41) is 0. The van der Waals surface area contributed by atoms with E-state index in [1.807, 2.05) is 24.4 Å². The van der Waals surface area contributed by atoms with Crippen molar-refractivity contribution in [2.24, 2.45) is 0 Å². The number of benzene rings is 2. The monoisotopic (exact) mass is 315 g/mol. The van der Waals surface area contributed by atoms with E-state index in [1.165, 1.54) is 16.7 Å². The maximum Gasteiger partial charge on any atom is 0.212 e. The molecule has 2 heteroatoms. The molecule has 1 aromatic heterocycles. The largest absolute Gasteiger partial charge is 0.481 e. The zero-order valence-electron chi connectivity index (χ0n) is 14.0. The van der Waals surface area contributed by atoms with Crippen molar-refractivity contribution in [3.05, 3.63) is 102 Å². The molecule has 0 bridgehead atoms. The molecule has 0 saturated heterocycles. The molecule has 120 valence electrons. The fourth-order valence-corrected chi connectivity index (χ4v) is 2.74. The average molecular weight is 315 g/mol. The Balaban J connectivity index is 2.03. The summed E-state index contributed by atoms with van der Waals surface area (Å²) in [6.45, 7) is 2.22. The van der Waals surface area contributed by atoms with Gasteiger partial charge in [-0.15, -0.1) is 0 Å². The number of aromatic nitrogens is 1. The summed E-state index contributed by atoms with van der Waals surface area (Å²) in [7, 11) is 1.63. The van der Waals surface area contributed by atoms with E-state index in [9.17, 15) is 0 Å². The first-order valence-electron chi connectivity index (χ1n) is 8.10. The van der Waals surface area contributed by atoms with Crippen molar-refractivity contribution in [3.8, 4) is 5.88 Å². The second-order valence-corrected chi connectivity index (χ2v) is 5.73. The van der Waals surface area contributed by atoms with Crippen LogP contribution in [0.1, 0.15) is 29.5 Å². The number of methoxy groups -OCH3 is 1. The fourth-order valence-electron chi connectivity index (χ4n) is 2.74. The van der Waals surface area contributed by atoms with Gasteiger partial charge >= 0.3 is 0 Å². The SMILES string of the molecule is COc1ccc(/C(=C/C(C)c2ccccc2)c2ccccc2)cn1. The maximum atomic E-state index is 5.17. The lowest BCUT2D eigenvalue weighted by Crippen LogP contribution is -1.95. The van der Waals surface area contributed by atoms with E-state index < -0.39 is 0 Å². The molecule has 0 aliphatic rings. The number of ether oxygens (including phenoxy) is 1. The van der Waals surface area contributed by atoms with Crippen LogP contribution in [0.15, 0.2) is 85.1 Å². The maximum absolute atomic E-state index is 5.17. The van der Waals surface area contributed by atoms with Crippen LogP contribution in [0.25, 0.3) is 5.57 Å². The van der Waals surface area contributed by atoms with E-state index in [2.05, 4.69) is 72.6 Å². The number of hydrogen-bond acceptors (Lipinski definition) is 2. The van der Waals surface area contributed by atoms with Crippen LogP contribution in [-0.2, 0) is 0 Å². The van der Waals surface area contributed by atoms with Crippen molar-refractivity contribution >= 4 is 5.57 Å². The van der Waals surface area contributed by atoms with Crippen LogP contribution in [0.5, 0.6) is 5.88 Å². The predicted molar refractivity (Wildman–Crippen MR) is 99.2 cm³/mol. The predicted octanol–water partition coefficient (Wildman–Crippen LogP) is 5.33. The lowest BCUT2D eigenvalue weighted by atomic mass is 9.92. The smallest absolute Gasteiger partial charge is 0.212 e. The highest BCUT2D eigenvalue weighted by molar-refractivity contribution is 5.80. The van der Waals surface area contributed by atoms with Crippen molar-refractivity contribution in [3.63, 3.8) is 0 Å². The molecule has 0 aliphatic heterocycles. The van der Waals surface area contributed by atoms with Gasteiger partial charge < -0.3 is 4.74 Å². The number of hydrogen-bond donors (Lipinski definition) is 0. The highest BCUT2D eigenvalue weighted by Gasteiger charge is 2.09. The first-order chi connectivity index (χ1) is 11.8. The number of nitrogens with zero attached hydrogens (tertiary/aromatic N) is 1. The van der Waals surface area contributed by atoms with Crippen molar-refractivity contribution in [2.45, 2.75) is 12.8 Å². The topological polar surface area (TPSA) is 22.1 Å². The summed E-state index contributed by atoms with van der Waals surface area (Å²) < 4.78 is 5.17. The summed E-state index contributed by atoms with van der Waals surface area (Å²) in [4.78, 5) is 4.36. The molecule has 0 radical (unpaired) electrons. The minimum atomic E-state index is 0.309. The van der Waals surface area contributed by atoms with E-state index in [-0.39, 0.29) is 0 Å². The number of pyridine rings is 1. The Morgan fingerprint density at radius 2 is 1.54 bits per heavy atom. The van der Waals surface area contributed by atoms with Crippen LogP contribution in [-0.4, -0.2) is 12.1 Å². The zero-order chi connectivity index (χ0) is 16.8. The Kier molecular flexibility index (Phi) is 5.07. The van der Waals surface area contributed by atoms with Crippen molar-refractivity contribution < 1.29 is 4.74 Å². The third kappa shape index (κ3) is 3.72. The standard InChI is InChI=1S/C22H21NO/c1-17(18-9-5-3-6-10-18)15-21(19-11-7-4-8-12-19)20-13-14-22(24-2)23-16-20/h3-17H,1-2H3/b21-15+. The van der Waals surface area contributed by atoms with Crippen molar-refractivity contribution in [1.82, 2.24) is 4.98 Å². The van der Waals surface area contributed by atoms with Crippen LogP contribution >= 0.6 is 0 Å². The molecule has 1 unspecified atom stereocenters. The average Bonchev–Trinajstić information content (AvgIpc) is 2.67. The molecular weight excluding hydrogens is 294 g/mol. The summed E-state index contributed by atoms with van der Waals surface area (Å²) in [5.74, 6) is 0.936. The van der Waals surface area contributed by atoms with Gasteiger partial charge in [0.2, 0.25) is 5.88 Å². The van der Waals surface area contributed by atoms with Gasteiger partial charge in [-0.25, -0.2) is 4.98 Å². The van der Waals surface area contributed by atoms with Gasteiger partial charge in [0, 0.05) is 17.8 Å². The van der Waals surface area contributed by atoms with Gasteiger partial charge in [0.05, 0.1) is 7.11 Å². The summed E-state index contributed by atoms with van der Waals surface area (Å²) in [5.41, 5.74) is 4.76. The molecule has 1 heterocycles. The van der Waals surface area contributed by atoms with Crippen LogP contribution in [0.3, 0.4) is 0 Å². The van der Waals surface area contributed by atoms with Gasteiger partial charge in [0.1, 0.15) is 0 Å². The lowest BCUT2D eigenvalue weighted by Gasteiger charge is -2.13. The molecule has 0 N–H and O–H groups in total. The second kappa shape index (κ2) is 7.60. The van der Waals surface area contributed by atoms with Gasteiger partial charge in [0.15, 0.2) is 0 Å². The van der Waals surface area contributed by atoms with Crippen LogP contribution in [0, 0.1) is 0 Å². The van der Waals surface area contributed by atoms with Gasteiger partial charge in [0.25, 0.3) is 0 Å². The third-order valence-corrected chi connectivity index (χ3v) is 4.08. The van der Waals surface area contributed by atoms with Gasteiger partial charge in [-0.05, 0) is 28.7 Å². The molecule has 0 aliphatic carbocycles. The van der Waals surface area contributed by atoms with E-state index in [0.717, 1.165) is 5.56 Å². The quantitative estimate of drug-likeness (QED) is 0.635. The molecule has 3 aromatic rings. The Morgan fingerprint density at radius 3 is 2.12 bits per heavy atom. The molecule has 3 rings (SSSR count). The first-order valence-corrected chi connectivity index (χ1v) is 8.10. The molecule has 0 amide bonds. The van der Waals surface area contributed by atoms with Crippen molar-refractivity contribution in [2.75, 3.05) is 7.11 Å². The van der Waals surface area contributed by atoms with E-state index in [4.69, 9.17) is 4.74 Å². The molecule has 24 heavy (non-hydrogen) atoms. The Bertz CT molecular complexity index is 792. The molecule has 2 aromatic carbocycles. The summed E-state index contributed by atoms with van der Waals surface area (Å²) >= 11 is 0. The highest BCUT2D eigenvalue weighted by atomic mass is 16.5. The summed E-state index contributed by atoms with van der Waals surface area (Å²) in [6.07, 6.45) is 4.17. The van der Waals surface area contributed by atoms with Crippen molar-refractivity contribution in [1.29, 1.82) is 0 Å². The summed E-state index contributed by atoms with van der Waals surface area (Å²) in [6, 6.07) is 24.9. The Labute approximate surface area is 143 Å². The second-order valence-electron chi connectivity index (χ2n) is 5.73. The normalized spacial score (nSPS) is 12.7. The van der Waals surface area contributed by atoms with Gasteiger partial charge in [-0.1, -0.05) is 73.7 Å². The van der Waals surface area contributed by atoms with E-state index >= 15 is 0 Å². The Morgan fingerprint density at radius 1 is 0.875 bits per heavy atom. The molecular formula is C22H21NO.